The first-order chi connectivity index (χ1) is 18.0. The van der Waals surface area contributed by atoms with Crippen molar-refractivity contribution in [3.8, 4) is 11.4 Å². The quantitative estimate of drug-likeness (QED) is 0.272. The zero-order chi connectivity index (χ0) is 26.1. The average Bonchev–Trinajstić information content (AvgIpc) is 3.43. The first-order valence-corrected chi connectivity index (χ1v) is 12.4. The molecular formula is C29H28N4O3S. The lowest BCUT2D eigenvalue weighted by atomic mass is 9.96. The molecule has 7 nitrogen and oxygen atoms in total. The molecule has 2 aromatic heterocycles. The second-order valence-electron chi connectivity index (χ2n) is 8.84. The molecule has 1 N–H and O–H groups in total. The van der Waals surface area contributed by atoms with Gasteiger partial charge in [-0.05, 0) is 74.1 Å². The van der Waals surface area contributed by atoms with Crippen LogP contribution in [0.4, 0.5) is 5.69 Å². The lowest BCUT2D eigenvalue weighted by Crippen LogP contribution is -2.30. The first kappa shape index (κ1) is 24.5. The Morgan fingerprint density at radius 3 is 2.38 bits per heavy atom. The molecule has 0 bridgehead atoms. The molecule has 0 aliphatic carbocycles. The van der Waals surface area contributed by atoms with Gasteiger partial charge in [0.25, 0.3) is 0 Å². The van der Waals surface area contributed by atoms with Gasteiger partial charge in [0.15, 0.2) is 5.11 Å². The molecule has 0 unspecified atom stereocenters. The van der Waals surface area contributed by atoms with Gasteiger partial charge in [0, 0.05) is 17.6 Å². The maximum atomic E-state index is 12.6. The number of ether oxygens (including phenoxy) is 2. The zero-order valence-electron chi connectivity index (χ0n) is 21.1. The molecule has 1 aliphatic rings. The molecule has 37 heavy (non-hydrogen) atoms. The number of carbonyl (C=O) groups excluding carboxylic acids is 1. The van der Waals surface area contributed by atoms with Gasteiger partial charge in [-0.25, -0.2) is 4.79 Å². The molecule has 0 saturated carbocycles. The van der Waals surface area contributed by atoms with Crippen molar-refractivity contribution in [2.75, 3.05) is 19.1 Å². The Hall–Kier alpha value is -4.17. The van der Waals surface area contributed by atoms with Crippen molar-refractivity contribution in [2.24, 2.45) is 0 Å². The highest BCUT2D eigenvalue weighted by Gasteiger charge is 2.43. The van der Waals surface area contributed by atoms with E-state index in [-0.39, 0.29) is 18.1 Å². The summed E-state index contributed by atoms with van der Waals surface area (Å²) in [6, 6.07) is 22.9. The summed E-state index contributed by atoms with van der Waals surface area (Å²) >= 11 is 5.89. The molecule has 188 valence electrons. The van der Waals surface area contributed by atoms with Gasteiger partial charge in [0.2, 0.25) is 0 Å². The highest BCUT2D eigenvalue weighted by atomic mass is 32.1. The fraction of sp³-hybridized carbons (Fsp3) is 0.207. The van der Waals surface area contributed by atoms with Crippen LogP contribution < -0.4 is 15.0 Å². The SMILES string of the molecule is COC(=O)c1ccccc1-n1c(C)cc([C@H]2[C@H](c3ccccn3)NC(=S)N2c2ccccc2OC)c1C. The minimum Gasteiger partial charge on any atom is -0.495 e. The van der Waals surface area contributed by atoms with Crippen molar-refractivity contribution < 1.29 is 14.3 Å². The van der Waals surface area contributed by atoms with Crippen LogP contribution in [0.3, 0.4) is 0 Å². The lowest BCUT2D eigenvalue weighted by molar-refractivity contribution is 0.0600. The number of anilines is 1. The van der Waals surface area contributed by atoms with Gasteiger partial charge < -0.3 is 24.3 Å². The second-order valence-corrected chi connectivity index (χ2v) is 9.23. The Morgan fingerprint density at radius 1 is 0.973 bits per heavy atom. The van der Waals surface area contributed by atoms with E-state index in [1.807, 2.05) is 67.6 Å². The molecule has 5 rings (SSSR count). The van der Waals surface area contributed by atoms with Crippen molar-refractivity contribution in [3.05, 3.63) is 107 Å². The molecular weight excluding hydrogens is 484 g/mol. The predicted molar refractivity (Wildman–Crippen MR) is 148 cm³/mol. The number of nitrogens with zero attached hydrogens (tertiary/aromatic N) is 3. The number of methoxy groups -OCH3 is 2. The third-order valence-electron chi connectivity index (χ3n) is 6.78. The normalized spacial score (nSPS) is 17.0. The molecule has 3 heterocycles. The van der Waals surface area contributed by atoms with E-state index in [0.29, 0.717) is 10.7 Å². The number of hydrogen-bond donors (Lipinski definition) is 1. The van der Waals surface area contributed by atoms with Crippen molar-refractivity contribution in [2.45, 2.75) is 25.9 Å². The maximum Gasteiger partial charge on any atom is 0.339 e. The topological polar surface area (TPSA) is 68.6 Å². The smallest absolute Gasteiger partial charge is 0.339 e. The minimum absolute atomic E-state index is 0.205. The lowest BCUT2D eigenvalue weighted by Gasteiger charge is -2.29. The summed E-state index contributed by atoms with van der Waals surface area (Å²) < 4.78 is 12.9. The fourth-order valence-electron chi connectivity index (χ4n) is 5.17. The number of aryl methyl sites for hydroxylation is 1. The number of rotatable bonds is 6. The molecule has 1 aliphatic heterocycles. The number of para-hydroxylation sites is 3. The van der Waals surface area contributed by atoms with Crippen molar-refractivity contribution in [1.82, 2.24) is 14.9 Å². The van der Waals surface area contributed by atoms with Crippen LogP contribution in [0.15, 0.2) is 79.0 Å². The molecule has 8 heteroatoms. The molecule has 1 saturated heterocycles. The number of aromatic nitrogens is 2. The zero-order valence-corrected chi connectivity index (χ0v) is 22.0. The van der Waals surface area contributed by atoms with Crippen LogP contribution in [0.1, 0.15) is 45.1 Å². The van der Waals surface area contributed by atoms with Gasteiger partial charge in [-0.2, -0.15) is 0 Å². The first-order valence-electron chi connectivity index (χ1n) is 12.0. The number of pyridine rings is 1. The standard InChI is InChI=1S/C29H28N4O3S/c1-18-17-21(19(2)32(18)23-13-6-5-11-20(23)28(34)36-4)27-26(22-12-9-10-16-30-22)31-29(37)33(27)24-14-7-8-15-25(24)35-3/h5-17,26-27H,1-4H3,(H,31,37)/t26-,27-/m0/s1. The van der Waals surface area contributed by atoms with Crippen LogP contribution in [0.5, 0.6) is 5.75 Å². The summed E-state index contributed by atoms with van der Waals surface area (Å²) in [5, 5.41) is 4.10. The van der Waals surface area contributed by atoms with E-state index in [1.54, 1.807) is 19.4 Å². The molecule has 0 spiro atoms. The monoisotopic (exact) mass is 512 g/mol. The van der Waals surface area contributed by atoms with Gasteiger partial charge in [-0.1, -0.05) is 30.3 Å². The number of hydrogen-bond acceptors (Lipinski definition) is 5. The van der Waals surface area contributed by atoms with Crippen LogP contribution in [0.2, 0.25) is 0 Å². The summed E-state index contributed by atoms with van der Waals surface area (Å²) in [6.45, 7) is 4.10. The van der Waals surface area contributed by atoms with Crippen molar-refractivity contribution in [3.63, 3.8) is 0 Å². The molecule has 4 aromatic rings. The van der Waals surface area contributed by atoms with E-state index >= 15 is 0 Å². The summed E-state index contributed by atoms with van der Waals surface area (Å²) in [5.74, 6) is 0.346. The molecule has 2 aromatic carbocycles. The van der Waals surface area contributed by atoms with Gasteiger partial charge in [-0.15, -0.1) is 0 Å². The number of benzene rings is 2. The minimum atomic E-state index is -0.379. The Bertz CT molecular complexity index is 1470. The third kappa shape index (κ3) is 4.23. The van der Waals surface area contributed by atoms with E-state index < -0.39 is 0 Å². The van der Waals surface area contributed by atoms with Gasteiger partial charge in [-0.3, -0.25) is 4.98 Å². The fourth-order valence-corrected chi connectivity index (χ4v) is 5.51. The number of esters is 1. The van der Waals surface area contributed by atoms with E-state index in [0.717, 1.165) is 39.8 Å². The largest absolute Gasteiger partial charge is 0.495 e. The number of nitrogens with one attached hydrogen (secondary N) is 1. The second kappa shape index (κ2) is 10.1. The number of carbonyl (C=O) groups is 1. The summed E-state index contributed by atoms with van der Waals surface area (Å²) in [6.07, 6.45) is 1.79. The molecule has 0 radical (unpaired) electrons. The third-order valence-corrected chi connectivity index (χ3v) is 7.10. The summed E-state index contributed by atoms with van der Waals surface area (Å²) in [5.41, 5.74) is 6.06. The highest BCUT2D eigenvalue weighted by molar-refractivity contribution is 7.80. The van der Waals surface area contributed by atoms with E-state index in [4.69, 9.17) is 21.7 Å². The van der Waals surface area contributed by atoms with Crippen LogP contribution in [0.25, 0.3) is 5.69 Å². The maximum absolute atomic E-state index is 12.6. The van der Waals surface area contributed by atoms with Gasteiger partial charge >= 0.3 is 5.97 Å². The Kier molecular flexibility index (Phi) is 6.67. The van der Waals surface area contributed by atoms with Crippen LogP contribution in [-0.2, 0) is 4.74 Å². The molecule has 2 atom stereocenters. The Morgan fingerprint density at radius 2 is 1.68 bits per heavy atom. The predicted octanol–water partition coefficient (Wildman–Crippen LogP) is 5.46. The van der Waals surface area contributed by atoms with E-state index in [2.05, 4.69) is 32.8 Å². The highest BCUT2D eigenvalue weighted by Crippen LogP contribution is 2.46. The molecule has 1 fully saturated rings. The van der Waals surface area contributed by atoms with Crippen LogP contribution in [-0.4, -0.2) is 34.9 Å². The van der Waals surface area contributed by atoms with Crippen LogP contribution >= 0.6 is 12.2 Å². The Balaban J connectivity index is 1.72. The summed E-state index contributed by atoms with van der Waals surface area (Å²) in [7, 11) is 3.06. The molecule has 0 amide bonds. The summed E-state index contributed by atoms with van der Waals surface area (Å²) in [4.78, 5) is 19.3. The number of thiocarbonyl (C=S) groups is 1. The van der Waals surface area contributed by atoms with Crippen LogP contribution in [0, 0.1) is 13.8 Å². The van der Waals surface area contributed by atoms with E-state index in [1.165, 1.54) is 7.11 Å². The average molecular weight is 513 g/mol. The van der Waals surface area contributed by atoms with Crippen molar-refractivity contribution >= 4 is 29.0 Å². The van der Waals surface area contributed by atoms with Gasteiger partial charge in [0.1, 0.15) is 5.75 Å². The van der Waals surface area contributed by atoms with Gasteiger partial charge in [0.05, 0.1) is 48.9 Å². The van der Waals surface area contributed by atoms with Crippen molar-refractivity contribution in [1.29, 1.82) is 0 Å². The van der Waals surface area contributed by atoms with E-state index in [9.17, 15) is 4.79 Å². The Labute approximate surface area is 221 Å².